The van der Waals surface area contributed by atoms with E-state index < -0.39 is 0 Å². The highest BCUT2D eigenvalue weighted by Gasteiger charge is 2.01. The lowest BCUT2D eigenvalue weighted by Crippen LogP contribution is -2.17. The molecule has 0 saturated carbocycles. The van der Waals surface area contributed by atoms with Crippen LogP contribution in [0.4, 0.5) is 0 Å². The standard InChI is InChI=1S/C11H9N3O2/c15-11(10-1-4-12-5-2-10)14-13-7-9-3-6-16-8-9/h1-8H,(H,14,15). The number of pyridine rings is 1. The molecule has 5 nitrogen and oxygen atoms in total. The maximum Gasteiger partial charge on any atom is 0.271 e. The van der Waals surface area contributed by atoms with E-state index in [4.69, 9.17) is 4.42 Å². The fourth-order valence-electron chi connectivity index (χ4n) is 1.08. The third kappa shape index (κ3) is 2.54. The molecular weight excluding hydrogens is 206 g/mol. The molecule has 0 spiro atoms. The molecule has 0 aliphatic heterocycles. The van der Waals surface area contributed by atoms with Crippen molar-refractivity contribution in [2.45, 2.75) is 0 Å². The van der Waals surface area contributed by atoms with E-state index in [0.717, 1.165) is 5.56 Å². The van der Waals surface area contributed by atoms with Crippen molar-refractivity contribution in [2.75, 3.05) is 0 Å². The molecule has 16 heavy (non-hydrogen) atoms. The molecule has 2 rings (SSSR count). The fourth-order valence-corrected chi connectivity index (χ4v) is 1.08. The van der Waals surface area contributed by atoms with Gasteiger partial charge in [0.05, 0.1) is 18.7 Å². The zero-order valence-corrected chi connectivity index (χ0v) is 8.33. The maximum absolute atomic E-state index is 11.5. The van der Waals surface area contributed by atoms with Crippen molar-refractivity contribution in [3.63, 3.8) is 0 Å². The predicted octanol–water partition coefficient (Wildman–Crippen LogP) is 1.44. The van der Waals surface area contributed by atoms with Crippen LogP contribution in [0.5, 0.6) is 0 Å². The number of carbonyl (C=O) groups is 1. The number of nitrogens with zero attached hydrogens (tertiary/aromatic N) is 2. The molecule has 0 bridgehead atoms. The third-order valence-electron chi connectivity index (χ3n) is 1.87. The number of furan rings is 1. The third-order valence-corrected chi connectivity index (χ3v) is 1.87. The Bertz CT molecular complexity index is 477. The Labute approximate surface area is 91.8 Å². The average Bonchev–Trinajstić information content (AvgIpc) is 2.83. The van der Waals surface area contributed by atoms with Gasteiger partial charge in [-0.25, -0.2) is 5.43 Å². The molecule has 0 aromatic carbocycles. The lowest BCUT2D eigenvalue weighted by molar-refractivity contribution is 0.0955. The zero-order chi connectivity index (χ0) is 11.2. The van der Waals surface area contributed by atoms with Crippen LogP contribution >= 0.6 is 0 Å². The summed E-state index contributed by atoms with van der Waals surface area (Å²) in [5.74, 6) is -0.276. The summed E-state index contributed by atoms with van der Waals surface area (Å²) < 4.78 is 4.84. The molecule has 0 aliphatic rings. The van der Waals surface area contributed by atoms with Gasteiger partial charge in [0.15, 0.2) is 0 Å². The second-order valence-electron chi connectivity index (χ2n) is 2.99. The molecule has 2 heterocycles. The minimum atomic E-state index is -0.276. The van der Waals surface area contributed by atoms with Crippen LogP contribution in [-0.4, -0.2) is 17.1 Å². The molecule has 1 N–H and O–H groups in total. The summed E-state index contributed by atoms with van der Waals surface area (Å²) in [6.45, 7) is 0. The van der Waals surface area contributed by atoms with Crippen LogP contribution in [-0.2, 0) is 0 Å². The van der Waals surface area contributed by atoms with E-state index in [9.17, 15) is 4.79 Å². The maximum atomic E-state index is 11.5. The first kappa shape index (κ1) is 10.1. The largest absolute Gasteiger partial charge is 0.472 e. The topological polar surface area (TPSA) is 67.5 Å². The van der Waals surface area contributed by atoms with E-state index in [1.54, 1.807) is 30.6 Å². The number of hydrazone groups is 1. The number of hydrogen-bond acceptors (Lipinski definition) is 4. The van der Waals surface area contributed by atoms with Crippen LogP contribution < -0.4 is 5.43 Å². The van der Waals surface area contributed by atoms with E-state index in [1.807, 2.05) is 0 Å². The van der Waals surface area contributed by atoms with Gasteiger partial charge in [0, 0.05) is 23.5 Å². The highest BCUT2D eigenvalue weighted by molar-refractivity contribution is 5.94. The second-order valence-corrected chi connectivity index (χ2v) is 2.99. The Balaban J connectivity index is 1.94. The number of amides is 1. The first-order chi connectivity index (χ1) is 7.86. The predicted molar refractivity (Wildman–Crippen MR) is 58.0 cm³/mol. The van der Waals surface area contributed by atoms with Gasteiger partial charge in [0.25, 0.3) is 5.91 Å². The van der Waals surface area contributed by atoms with Crippen LogP contribution in [0.25, 0.3) is 0 Å². The molecule has 80 valence electrons. The summed E-state index contributed by atoms with van der Waals surface area (Å²) in [5, 5.41) is 3.79. The molecule has 0 saturated heterocycles. The van der Waals surface area contributed by atoms with Crippen molar-refractivity contribution >= 4 is 12.1 Å². The lowest BCUT2D eigenvalue weighted by atomic mass is 10.3. The van der Waals surface area contributed by atoms with Crippen molar-refractivity contribution in [3.8, 4) is 0 Å². The van der Waals surface area contributed by atoms with Gasteiger partial charge in [-0.2, -0.15) is 5.10 Å². The molecule has 5 heteroatoms. The molecule has 1 amide bonds. The summed E-state index contributed by atoms with van der Waals surface area (Å²) in [5.41, 5.74) is 3.70. The van der Waals surface area contributed by atoms with Gasteiger partial charge >= 0.3 is 0 Å². The lowest BCUT2D eigenvalue weighted by Gasteiger charge is -1.97. The van der Waals surface area contributed by atoms with Crippen molar-refractivity contribution in [1.29, 1.82) is 0 Å². The highest BCUT2D eigenvalue weighted by atomic mass is 16.3. The SMILES string of the molecule is O=C(NN=Cc1ccoc1)c1ccncc1. The highest BCUT2D eigenvalue weighted by Crippen LogP contribution is 1.96. The van der Waals surface area contributed by atoms with Gasteiger partial charge in [-0.15, -0.1) is 0 Å². The van der Waals surface area contributed by atoms with Crippen LogP contribution in [0, 0.1) is 0 Å². The molecule has 0 unspecified atom stereocenters. The summed E-state index contributed by atoms with van der Waals surface area (Å²) in [6, 6.07) is 4.97. The Hall–Kier alpha value is -2.43. The summed E-state index contributed by atoms with van der Waals surface area (Å²) in [4.78, 5) is 15.3. The van der Waals surface area contributed by atoms with Gasteiger partial charge in [0.2, 0.25) is 0 Å². The minimum absolute atomic E-state index is 0.276. The van der Waals surface area contributed by atoms with E-state index in [-0.39, 0.29) is 5.91 Å². The molecule has 2 aromatic rings. The first-order valence-electron chi connectivity index (χ1n) is 4.62. The van der Waals surface area contributed by atoms with Gasteiger partial charge in [-0.05, 0) is 18.2 Å². The zero-order valence-electron chi connectivity index (χ0n) is 8.33. The quantitative estimate of drug-likeness (QED) is 0.622. The second kappa shape index (κ2) is 4.88. The molecule has 0 radical (unpaired) electrons. The number of nitrogens with one attached hydrogen (secondary N) is 1. The van der Waals surface area contributed by atoms with Crippen molar-refractivity contribution in [2.24, 2.45) is 5.10 Å². The van der Waals surface area contributed by atoms with Gasteiger partial charge in [0.1, 0.15) is 0 Å². The number of aromatic nitrogens is 1. The Morgan fingerprint density at radius 3 is 2.88 bits per heavy atom. The Morgan fingerprint density at radius 1 is 1.38 bits per heavy atom. The van der Waals surface area contributed by atoms with E-state index in [2.05, 4.69) is 15.5 Å². The summed E-state index contributed by atoms with van der Waals surface area (Å²) in [7, 11) is 0. The van der Waals surface area contributed by atoms with Crippen molar-refractivity contribution in [1.82, 2.24) is 10.4 Å². The average molecular weight is 215 g/mol. The van der Waals surface area contributed by atoms with Crippen molar-refractivity contribution < 1.29 is 9.21 Å². The van der Waals surface area contributed by atoms with Crippen molar-refractivity contribution in [3.05, 3.63) is 54.2 Å². The summed E-state index contributed by atoms with van der Waals surface area (Å²) >= 11 is 0. The van der Waals surface area contributed by atoms with Gasteiger partial charge < -0.3 is 4.42 Å². The van der Waals surface area contributed by atoms with Gasteiger partial charge in [-0.3, -0.25) is 9.78 Å². The molecular formula is C11H9N3O2. The van der Waals surface area contributed by atoms with Crippen LogP contribution in [0.15, 0.2) is 52.6 Å². The molecule has 0 atom stereocenters. The molecule has 0 fully saturated rings. The fraction of sp³-hybridized carbons (Fsp3) is 0. The van der Waals surface area contributed by atoms with E-state index >= 15 is 0 Å². The normalized spacial score (nSPS) is 10.5. The minimum Gasteiger partial charge on any atom is -0.472 e. The van der Waals surface area contributed by atoms with Crippen LogP contribution in [0.1, 0.15) is 15.9 Å². The van der Waals surface area contributed by atoms with Gasteiger partial charge in [-0.1, -0.05) is 0 Å². The smallest absolute Gasteiger partial charge is 0.271 e. The molecule has 0 aliphatic carbocycles. The Kier molecular flexibility index (Phi) is 3.08. The van der Waals surface area contributed by atoms with Crippen LogP contribution in [0.2, 0.25) is 0 Å². The van der Waals surface area contributed by atoms with E-state index in [1.165, 1.54) is 18.7 Å². The van der Waals surface area contributed by atoms with E-state index in [0.29, 0.717) is 5.56 Å². The Morgan fingerprint density at radius 2 is 2.19 bits per heavy atom. The van der Waals surface area contributed by atoms with Crippen LogP contribution in [0.3, 0.4) is 0 Å². The summed E-state index contributed by atoms with van der Waals surface area (Å²) in [6.07, 6.45) is 7.67. The first-order valence-corrected chi connectivity index (χ1v) is 4.62. The number of rotatable bonds is 3. The monoisotopic (exact) mass is 215 g/mol. The number of hydrogen-bond donors (Lipinski definition) is 1. The number of carbonyl (C=O) groups excluding carboxylic acids is 1. The molecule has 2 aromatic heterocycles.